The lowest BCUT2D eigenvalue weighted by Crippen LogP contribution is -2.47. The second-order valence-corrected chi connectivity index (χ2v) is 4.03. The van der Waals surface area contributed by atoms with Gasteiger partial charge in [0.1, 0.15) is 0 Å². The molecule has 2 rings (SSSR count). The lowest BCUT2D eigenvalue weighted by atomic mass is 10.4. The molecule has 1 fully saturated rings. The highest BCUT2D eigenvalue weighted by Crippen LogP contribution is 2.08. The molecule has 0 spiro atoms. The minimum absolute atomic E-state index is 0.101. The van der Waals surface area contributed by atoms with E-state index in [-0.39, 0.29) is 11.2 Å². The zero-order chi connectivity index (χ0) is 11.5. The van der Waals surface area contributed by atoms with E-state index in [1.807, 2.05) is 5.01 Å². The Labute approximate surface area is 98.6 Å². The van der Waals surface area contributed by atoms with Crippen molar-refractivity contribution in [2.24, 2.45) is 0 Å². The van der Waals surface area contributed by atoms with Gasteiger partial charge in [0.25, 0.3) is 0 Å². The van der Waals surface area contributed by atoms with Crippen LogP contribution >= 0.6 is 11.6 Å². The molecule has 16 heavy (non-hydrogen) atoms. The van der Waals surface area contributed by atoms with Crippen molar-refractivity contribution in [3.05, 3.63) is 5.28 Å². The molecule has 1 aliphatic heterocycles. The van der Waals surface area contributed by atoms with E-state index in [1.54, 1.807) is 0 Å². The Bertz CT molecular complexity index is 343. The average molecular weight is 244 g/mol. The van der Waals surface area contributed by atoms with Crippen LogP contribution in [0.5, 0.6) is 0 Å². The molecule has 0 radical (unpaired) electrons. The van der Waals surface area contributed by atoms with Crippen LogP contribution < -0.4 is 11.2 Å². The standard InChI is InChI=1S/C8H14ClN7/c1-15-2-4-16(5-3-15)14-8-12-6(9)11-7(10)13-8/h2-5H2,1H3,(H3,10,11,12,13,14). The Kier molecular flexibility index (Phi) is 3.37. The van der Waals surface area contributed by atoms with Gasteiger partial charge in [-0.05, 0) is 18.6 Å². The fourth-order valence-corrected chi connectivity index (χ4v) is 1.64. The Morgan fingerprint density at radius 2 is 1.88 bits per heavy atom. The summed E-state index contributed by atoms with van der Waals surface area (Å²) < 4.78 is 0. The van der Waals surface area contributed by atoms with Crippen molar-refractivity contribution in [1.82, 2.24) is 24.9 Å². The van der Waals surface area contributed by atoms with Crippen LogP contribution in [-0.4, -0.2) is 58.1 Å². The lowest BCUT2D eigenvalue weighted by molar-refractivity contribution is 0.178. The normalized spacial score (nSPS) is 18.6. The van der Waals surface area contributed by atoms with E-state index in [0.717, 1.165) is 26.2 Å². The van der Waals surface area contributed by atoms with Gasteiger partial charge in [0.15, 0.2) is 0 Å². The molecule has 8 heteroatoms. The largest absolute Gasteiger partial charge is 0.368 e. The topological polar surface area (TPSA) is 83.2 Å². The van der Waals surface area contributed by atoms with Gasteiger partial charge in [-0.1, -0.05) is 0 Å². The second kappa shape index (κ2) is 4.77. The molecule has 3 N–H and O–H groups in total. The predicted octanol–water partition coefficient (Wildman–Crippen LogP) is -0.319. The number of nitrogen functional groups attached to an aromatic ring is 1. The van der Waals surface area contributed by atoms with Gasteiger partial charge in [0, 0.05) is 26.2 Å². The molecule has 88 valence electrons. The summed E-state index contributed by atoms with van der Waals surface area (Å²) in [5, 5.41) is 2.13. The average Bonchev–Trinajstić information content (AvgIpc) is 2.20. The quantitative estimate of drug-likeness (QED) is 0.737. The first-order valence-electron chi connectivity index (χ1n) is 5.01. The van der Waals surface area contributed by atoms with Crippen LogP contribution in [0, 0.1) is 0 Å². The maximum absolute atomic E-state index is 5.68. The molecule has 0 unspecified atom stereocenters. The highest BCUT2D eigenvalue weighted by atomic mass is 35.5. The Balaban J connectivity index is 1.98. The maximum atomic E-state index is 5.68. The molecular formula is C8H14ClN7. The molecule has 2 heterocycles. The van der Waals surface area contributed by atoms with Crippen LogP contribution in [0.15, 0.2) is 0 Å². The van der Waals surface area contributed by atoms with E-state index in [4.69, 9.17) is 17.3 Å². The smallest absolute Gasteiger partial charge is 0.243 e. The van der Waals surface area contributed by atoms with Crippen LogP contribution in [-0.2, 0) is 0 Å². The van der Waals surface area contributed by atoms with Crippen molar-refractivity contribution in [3.63, 3.8) is 0 Å². The number of hydrogen-bond donors (Lipinski definition) is 2. The number of rotatable bonds is 2. The van der Waals surface area contributed by atoms with Crippen LogP contribution in [0.1, 0.15) is 0 Å². The van der Waals surface area contributed by atoms with E-state index in [1.165, 1.54) is 0 Å². The number of nitrogens with one attached hydrogen (secondary N) is 1. The van der Waals surface area contributed by atoms with Crippen LogP contribution in [0.4, 0.5) is 11.9 Å². The summed E-state index contributed by atoms with van der Waals surface area (Å²) in [6.07, 6.45) is 0. The molecule has 1 aromatic rings. The number of aromatic nitrogens is 3. The fourth-order valence-electron chi connectivity index (χ4n) is 1.48. The van der Waals surface area contributed by atoms with Gasteiger partial charge in [-0.25, -0.2) is 5.01 Å². The van der Waals surface area contributed by atoms with Gasteiger partial charge in [-0.15, -0.1) is 0 Å². The van der Waals surface area contributed by atoms with Crippen LogP contribution in [0.25, 0.3) is 0 Å². The Morgan fingerprint density at radius 3 is 2.50 bits per heavy atom. The highest BCUT2D eigenvalue weighted by Gasteiger charge is 2.14. The summed E-state index contributed by atoms with van der Waals surface area (Å²) in [6, 6.07) is 0. The third kappa shape index (κ3) is 2.91. The number of hydrazine groups is 1. The maximum Gasteiger partial charge on any atom is 0.243 e. The molecule has 0 aromatic carbocycles. The number of nitrogens with zero attached hydrogens (tertiary/aromatic N) is 5. The summed E-state index contributed by atoms with van der Waals surface area (Å²) >= 11 is 5.68. The predicted molar refractivity (Wildman–Crippen MR) is 61.9 cm³/mol. The molecule has 0 atom stereocenters. The van der Waals surface area contributed by atoms with E-state index < -0.39 is 0 Å². The lowest BCUT2D eigenvalue weighted by Gasteiger charge is -2.32. The highest BCUT2D eigenvalue weighted by molar-refractivity contribution is 6.28. The fraction of sp³-hybridized carbons (Fsp3) is 0.625. The number of piperazine rings is 1. The van der Waals surface area contributed by atoms with Gasteiger partial charge < -0.3 is 10.6 Å². The molecule has 0 bridgehead atoms. The summed E-state index contributed by atoms with van der Waals surface area (Å²) in [4.78, 5) is 13.8. The molecule has 7 nitrogen and oxygen atoms in total. The summed E-state index contributed by atoms with van der Waals surface area (Å²) in [7, 11) is 2.09. The van der Waals surface area contributed by atoms with Crippen molar-refractivity contribution < 1.29 is 0 Å². The van der Waals surface area contributed by atoms with Gasteiger partial charge in [-0.2, -0.15) is 15.0 Å². The minimum atomic E-state index is 0.101. The van der Waals surface area contributed by atoms with Gasteiger partial charge in [-0.3, -0.25) is 5.43 Å². The zero-order valence-corrected chi connectivity index (χ0v) is 9.78. The third-order valence-electron chi connectivity index (χ3n) is 2.39. The molecule has 1 aliphatic rings. The molecule has 0 amide bonds. The first-order valence-corrected chi connectivity index (χ1v) is 5.38. The molecule has 0 saturated carbocycles. The summed E-state index contributed by atoms with van der Waals surface area (Å²) in [6.45, 7) is 3.81. The van der Waals surface area contributed by atoms with Gasteiger partial charge >= 0.3 is 0 Å². The number of likely N-dealkylation sites (N-methyl/N-ethyl adjacent to an activating group) is 1. The molecule has 1 saturated heterocycles. The molecular weight excluding hydrogens is 230 g/mol. The van der Waals surface area contributed by atoms with Crippen molar-refractivity contribution in [2.45, 2.75) is 0 Å². The first-order chi connectivity index (χ1) is 7.63. The summed E-state index contributed by atoms with van der Waals surface area (Å²) in [5.41, 5.74) is 8.54. The number of halogens is 1. The van der Waals surface area contributed by atoms with Crippen molar-refractivity contribution in [3.8, 4) is 0 Å². The third-order valence-corrected chi connectivity index (χ3v) is 2.56. The molecule has 1 aromatic heterocycles. The Hall–Kier alpha value is -1.18. The van der Waals surface area contributed by atoms with Crippen LogP contribution in [0.2, 0.25) is 5.28 Å². The van der Waals surface area contributed by atoms with Crippen molar-refractivity contribution in [1.29, 1.82) is 0 Å². The Morgan fingerprint density at radius 1 is 1.19 bits per heavy atom. The van der Waals surface area contributed by atoms with Crippen LogP contribution in [0.3, 0.4) is 0 Å². The second-order valence-electron chi connectivity index (χ2n) is 3.69. The van der Waals surface area contributed by atoms with E-state index in [2.05, 4.69) is 32.3 Å². The number of nitrogens with two attached hydrogens (primary N) is 1. The number of anilines is 2. The van der Waals surface area contributed by atoms with Gasteiger partial charge in [0.05, 0.1) is 0 Å². The van der Waals surface area contributed by atoms with Crippen molar-refractivity contribution in [2.75, 3.05) is 44.4 Å². The van der Waals surface area contributed by atoms with Crippen molar-refractivity contribution >= 4 is 23.5 Å². The van der Waals surface area contributed by atoms with E-state index >= 15 is 0 Å². The minimum Gasteiger partial charge on any atom is -0.368 e. The number of hydrogen-bond acceptors (Lipinski definition) is 7. The zero-order valence-electron chi connectivity index (χ0n) is 9.02. The van der Waals surface area contributed by atoms with E-state index in [0.29, 0.717) is 5.95 Å². The first kappa shape index (κ1) is 11.3. The van der Waals surface area contributed by atoms with E-state index in [9.17, 15) is 0 Å². The SMILES string of the molecule is CN1CCN(Nc2nc(N)nc(Cl)n2)CC1. The molecule has 0 aliphatic carbocycles. The summed E-state index contributed by atoms with van der Waals surface area (Å²) in [5.74, 6) is 0.513. The van der Waals surface area contributed by atoms with Gasteiger partial charge in [0.2, 0.25) is 17.2 Å². The monoisotopic (exact) mass is 243 g/mol.